The van der Waals surface area contributed by atoms with Crippen molar-refractivity contribution in [3.05, 3.63) is 48.0 Å². The van der Waals surface area contributed by atoms with Gasteiger partial charge in [-0.1, -0.05) is 13.8 Å². The first-order valence-electron chi connectivity index (χ1n) is 9.56. The van der Waals surface area contributed by atoms with Crippen LogP contribution in [0.3, 0.4) is 0 Å². The number of carbonyl (C=O) groups is 2. The number of ether oxygens (including phenoxy) is 4. The first kappa shape index (κ1) is 20.5. The lowest BCUT2D eigenvalue weighted by molar-refractivity contribution is -0.123. The van der Waals surface area contributed by atoms with Crippen LogP contribution in [-0.2, 0) is 9.53 Å². The zero-order chi connectivity index (χ0) is 20.8. The van der Waals surface area contributed by atoms with Gasteiger partial charge >= 0.3 is 5.97 Å². The summed E-state index contributed by atoms with van der Waals surface area (Å²) in [6.07, 6.45) is -0.965. The Hall–Kier alpha value is -3.22. The Kier molecular flexibility index (Phi) is 6.59. The van der Waals surface area contributed by atoms with Gasteiger partial charge in [0.25, 0.3) is 5.91 Å². The van der Waals surface area contributed by atoms with Crippen molar-refractivity contribution in [1.29, 1.82) is 0 Å². The second-order valence-electron chi connectivity index (χ2n) is 7.12. The Morgan fingerprint density at radius 1 is 1.00 bits per heavy atom. The Morgan fingerprint density at radius 3 is 2.38 bits per heavy atom. The average molecular weight is 399 g/mol. The molecule has 2 aromatic rings. The van der Waals surface area contributed by atoms with Crippen LogP contribution in [0.2, 0.25) is 0 Å². The second kappa shape index (κ2) is 9.32. The summed E-state index contributed by atoms with van der Waals surface area (Å²) in [4.78, 5) is 24.7. The summed E-state index contributed by atoms with van der Waals surface area (Å²) in [5.41, 5.74) is 0.884. The molecule has 1 heterocycles. The van der Waals surface area contributed by atoms with Crippen molar-refractivity contribution < 1.29 is 28.5 Å². The summed E-state index contributed by atoms with van der Waals surface area (Å²) in [6.45, 7) is 7.19. The molecule has 1 aliphatic rings. The van der Waals surface area contributed by atoms with Gasteiger partial charge in [0.2, 0.25) is 0 Å². The highest BCUT2D eigenvalue weighted by molar-refractivity contribution is 5.97. The number of hydrogen-bond donors (Lipinski definition) is 1. The number of amides is 1. The number of fused-ring (bicyclic) bond motifs is 1. The van der Waals surface area contributed by atoms with E-state index in [0.29, 0.717) is 54.2 Å². The van der Waals surface area contributed by atoms with Gasteiger partial charge in [0, 0.05) is 11.8 Å². The predicted molar refractivity (Wildman–Crippen MR) is 108 cm³/mol. The van der Waals surface area contributed by atoms with Crippen LogP contribution in [-0.4, -0.2) is 37.8 Å². The second-order valence-corrected chi connectivity index (χ2v) is 7.12. The Balaban J connectivity index is 1.54. The molecule has 1 N–H and O–H groups in total. The highest BCUT2D eigenvalue weighted by Gasteiger charge is 2.20. The van der Waals surface area contributed by atoms with Gasteiger partial charge in [-0.3, -0.25) is 4.79 Å². The Labute approximate surface area is 169 Å². The van der Waals surface area contributed by atoms with E-state index in [9.17, 15) is 9.59 Å². The van der Waals surface area contributed by atoms with Gasteiger partial charge in [0.05, 0.1) is 12.2 Å². The van der Waals surface area contributed by atoms with Crippen molar-refractivity contribution >= 4 is 17.6 Å². The molecule has 29 heavy (non-hydrogen) atoms. The van der Waals surface area contributed by atoms with Crippen LogP contribution in [0.5, 0.6) is 17.2 Å². The molecule has 0 fully saturated rings. The molecule has 0 aromatic heterocycles. The van der Waals surface area contributed by atoms with Crippen LogP contribution < -0.4 is 19.5 Å². The topological polar surface area (TPSA) is 83.1 Å². The van der Waals surface area contributed by atoms with Crippen molar-refractivity contribution in [3.8, 4) is 17.2 Å². The fourth-order valence-electron chi connectivity index (χ4n) is 2.60. The molecule has 7 nitrogen and oxygen atoms in total. The van der Waals surface area contributed by atoms with E-state index >= 15 is 0 Å². The smallest absolute Gasteiger partial charge is 0.338 e. The molecule has 0 bridgehead atoms. The van der Waals surface area contributed by atoms with E-state index in [-0.39, 0.29) is 0 Å². The number of hydrogen-bond acceptors (Lipinski definition) is 6. The maximum Gasteiger partial charge on any atom is 0.338 e. The average Bonchev–Trinajstić information content (AvgIpc) is 2.72. The van der Waals surface area contributed by atoms with Gasteiger partial charge in [-0.15, -0.1) is 0 Å². The summed E-state index contributed by atoms with van der Waals surface area (Å²) in [6, 6.07) is 11.8. The lowest BCUT2D eigenvalue weighted by Gasteiger charge is -2.19. The molecule has 7 heteroatoms. The summed E-state index contributed by atoms with van der Waals surface area (Å²) in [7, 11) is 0. The van der Waals surface area contributed by atoms with Crippen molar-refractivity contribution in [2.24, 2.45) is 5.92 Å². The fourth-order valence-corrected chi connectivity index (χ4v) is 2.60. The van der Waals surface area contributed by atoms with Crippen LogP contribution in [0.25, 0.3) is 0 Å². The SMILES string of the molecule is CC(C)COc1ccc(C(=O)OC(C)C(=O)Nc2ccc3c(c2)OCCO3)cc1. The van der Waals surface area contributed by atoms with E-state index in [0.717, 1.165) is 0 Å². The third-order valence-corrected chi connectivity index (χ3v) is 4.14. The number of benzene rings is 2. The van der Waals surface area contributed by atoms with E-state index in [1.807, 2.05) is 0 Å². The molecule has 0 saturated carbocycles. The largest absolute Gasteiger partial charge is 0.493 e. The molecule has 154 valence electrons. The molecule has 1 aliphatic heterocycles. The Morgan fingerprint density at radius 2 is 1.69 bits per heavy atom. The van der Waals surface area contributed by atoms with Gasteiger partial charge in [-0.2, -0.15) is 0 Å². The summed E-state index contributed by atoms with van der Waals surface area (Å²) >= 11 is 0. The normalized spacial score (nSPS) is 13.5. The molecule has 0 radical (unpaired) electrons. The monoisotopic (exact) mass is 399 g/mol. The van der Waals surface area contributed by atoms with Gasteiger partial charge in [0.1, 0.15) is 19.0 Å². The van der Waals surface area contributed by atoms with Gasteiger partial charge in [-0.05, 0) is 49.2 Å². The summed E-state index contributed by atoms with van der Waals surface area (Å²) in [5.74, 6) is 1.28. The van der Waals surface area contributed by atoms with Crippen LogP contribution in [0.15, 0.2) is 42.5 Å². The number of nitrogens with one attached hydrogen (secondary N) is 1. The van der Waals surface area contributed by atoms with Crippen LogP contribution in [0, 0.1) is 5.92 Å². The zero-order valence-corrected chi connectivity index (χ0v) is 16.8. The molecule has 0 saturated heterocycles. The fraction of sp³-hybridized carbons (Fsp3) is 0.364. The number of carbonyl (C=O) groups excluding carboxylic acids is 2. The highest BCUT2D eigenvalue weighted by Crippen LogP contribution is 2.32. The van der Waals surface area contributed by atoms with Gasteiger partial charge in [0.15, 0.2) is 17.6 Å². The number of rotatable bonds is 7. The molecule has 1 atom stereocenters. The van der Waals surface area contributed by atoms with E-state index in [1.165, 1.54) is 6.92 Å². The van der Waals surface area contributed by atoms with Crippen molar-refractivity contribution in [1.82, 2.24) is 0 Å². The molecule has 0 spiro atoms. The minimum atomic E-state index is -0.965. The minimum Gasteiger partial charge on any atom is -0.493 e. The van der Waals surface area contributed by atoms with Crippen LogP contribution in [0.4, 0.5) is 5.69 Å². The summed E-state index contributed by atoms with van der Waals surface area (Å²) < 4.78 is 21.8. The van der Waals surface area contributed by atoms with Crippen molar-refractivity contribution in [3.63, 3.8) is 0 Å². The third-order valence-electron chi connectivity index (χ3n) is 4.14. The van der Waals surface area contributed by atoms with E-state index in [4.69, 9.17) is 18.9 Å². The molecule has 2 aromatic carbocycles. The van der Waals surface area contributed by atoms with Gasteiger partial charge < -0.3 is 24.3 Å². The highest BCUT2D eigenvalue weighted by atomic mass is 16.6. The third kappa shape index (κ3) is 5.63. The maximum absolute atomic E-state index is 12.4. The van der Waals surface area contributed by atoms with Crippen molar-refractivity contribution in [2.75, 3.05) is 25.1 Å². The standard InChI is InChI=1S/C22H25NO6/c1-14(2)13-28-18-7-4-16(5-8-18)22(25)29-15(3)21(24)23-17-6-9-19-20(12-17)27-11-10-26-19/h4-9,12,14-15H,10-11,13H2,1-3H3,(H,23,24). The maximum atomic E-state index is 12.4. The molecule has 0 aliphatic carbocycles. The molecule has 1 unspecified atom stereocenters. The van der Waals surface area contributed by atoms with Crippen LogP contribution >= 0.6 is 0 Å². The number of anilines is 1. The molecule has 3 rings (SSSR count). The Bertz CT molecular complexity index is 862. The van der Waals surface area contributed by atoms with E-state index in [1.54, 1.807) is 42.5 Å². The lowest BCUT2D eigenvalue weighted by atomic mass is 10.2. The van der Waals surface area contributed by atoms with E-state index < -0.39 is 18.0 Å². The van der Waals surface area contributed by atoms with Crippen molar-refractivity contribution in [2.45, 2.75) is 26.9 Å². The van der Waals surface area contributed by atoms with Gasteiger partial charge in [-0.25, -0.2) is 4.79 Å². The minimum absolute atomic E-state index is 0.348. The van der Waals surface area contributed by atoms with E-state index in [2.05, 4.69) is 19.2 Å². The lowest BCUT2D eigenvalue weighted by Crippen LogP contribution is -2.30. The number of esters is 1. The molecular formula is C22H25NO6. The summed E-state index contributed by atoms with van der Waals surface area (Å²) in [5, 5.41) is 2.71. The molecular weight excluding hydrogens is 374 g/mol. The quantitative estimate of drug-likeness (QED) is 0.715. The first-order chi connectivity index (χ1) is 13.9. The first-order valence-corrected chi connectivity index (χ1v) is 9.56. The predicted octanol–water partition coefficient (Wildman–Crippen LogP) is 3.68. The zero-order valence-electron chi connectivity index (χ0n) is 16.8. The van der Waals surface area contributed by atoms with Crippen LogP contribution in [0.1, 0.15) is 31.1 Å². The molecule has 1 amide bonds.